The number of carboxylic acid groups (broad SMARTS) is 1. The standard InChI is InChI=1S/C13H15NO4/c1-18-10-6-4-9(5-7-10)12(15)14-8-2-3-11(14)13(16)17/h4-7,11H,2-3,8H2,1H3,(H,16,17). The van der Waals surface area contributed by atoms with Crippen LogP contribution in [0.5, 0.6) is 5.75 Å². The first-order valence-electron chi connectivity index (χ1n) is 5.81. The fourth-order valence-electron chi connectivity index (χ4n) is 2.17. The molecule has 1 atom stereocenters. The summed E-state index contributed by atoms with van der Waals surface area (Å²) < 4.78 is 5.01. The minimum atomic E-state index is -0.936. The van der Waals surface area contributed by atoms with Crippen molar-refractivity contribution in [3.63, 3.8) is 0 Å². The van der Waals surface area contributed by atoms with Crippen LogP contribution < -0.4 is 4.74 Å². The van der Waals surface area contributed by atoms with Gasteiger partial charge in [-0.2, -0.15) is 0 Å². The molecule has 18 heavy (non-hydrogen) atoms. The third-order valence-electron chi connectivity index (χ3n) is 3.14. The van der Waals surface area contributed by atoms with Gasteiger partial charge in [-0.3, -0.25) is 4.79 Å². The van der Waals surface area contributed by atoms with Gasteiger partial charge in [0.1, 0.15) is 11.8 Å². The van der Waals surface area contributed by atoms with Crippen LogP contribution in [-0.4, -0.2) is 41.6 Å². The quantitative estimate of drug-likeness (QED) is 0.879. The van der Waals surface area contributed by atoms with E-state index in [1.54, 1.807) is 31.4 Å². The molecule has 1 unspecified atom stereocenters. The van der Waals surface area contributed by atoms with Crippen molar-refractivity contribution in [2.24, 2.45) is 0 Å². The Bertz CT molecular complexity index is 455. The van der Waals surface area contributed by atoms with E-state index in [1.165, 1.54) is 4.90 Å². The number of carboxylic acids is 1. The highest BCUT2D eigenvalue weighted by Crippen LogP contribution is 2.21. The van der Waals surface area contributed by atoms with E-state index in [0.717, 1.165) is 6.42 Å². The molecular weight excluding hydrogens is 234 g/mol. The molecule has 0 saturated carbocycles. The molecule has 1 aliphatic rings. The maximum Gasteiger partial charge on any atom is 0.326 e. The van der Waals surface area contributed by atoms with E-state index >= 15 is 0 Å². The van der Waals surface area contributed by atoms with Crippen LogP contribution in [0.1, 0.15) is 23.2 Å². The Morgan fingerprint density at radius 1 is 1.33 bits per heavy atom. The third-order valence-corrected chi connectivity index (χ3v) is 3.14. The number of aliphatic carboxylic acids is 1. The van der Waals surface area contributed by atoms with Crippen molar-refractivity contribution >= 4 is 11.9 Å². The first kappa shape index (κ1) is 12.4. The zero-order valence-corrected chi connectivity index (χ0v) is 10.1. The van der Waals surface area contributed by atoms with Crippen LogP contribution in [0.4, 0.5) is 0 Å². The van der Waals surface area contributed by atoms with Gasteiger partial charge < -0.3 is 14.7 Å². The van der Waals surface area contributed by atoms with Crippen LogP contribution in [0.3, 0.4) is 0 Å². The lowest BCUT2D eigenvalue weighted by atomic mass is 10.1. The Labute approximate surface area is 105 Å². The van der Waals surface area contributed by atoms with Gasteiger partial charge in [0.15, 0.2) is 0 Å². The second-order valence-corrected chi connectivity index (χ2v) is 4.22. The van der Waals surface area contributed by atoms with E-state index in [1.807, 2.05) is 0 Å². The van der Waals surface area contributed by atoms with Gasteiger partial charge in [0.25, 0.3) is 5.91 Å². The number of rotatable bonds is 3. The lowest BCUT2D eigenvalue weighted by Gasteiger charge is -2.21. The van der Waals surface area contributed by atoms with E-state index in [0.29, 0.717) is 24.3 Å². The Balaban J connectivity index is 2.17. The summed E-state index contributed by atoms with van der Waals surface area (Å²) in [7, 11) is 1.55. The minimum Gasteiger partial charge on any atom is -0.497 e. The van der Waals surface area contributed by atoms with E-state index in [2.05, 4.69) is 0 Å². The monoisotopic (exact) mass is 249 g/mol. The van der Waals surface area contributed by atoms with Gasteiger partial charge >= 0.3 is 5.97 Å². The molecule has 0 bridgehead atoms. The van der Waals surface area contributed by atoms with Crippen molar-refractivity contribution in [2.45, 2.75) is 18.9 Å². The fraction of sp³-hybridized carbons (Fsp3) is 0.385. The highest BCUT2D eigenvalue weighted by atomic mass is 16.5. The molecular formula is C13H15NO4. The average Bonchev–Trinajstić information content (AvgIpc) is 2.87. The van der Waals surface area contributed by atoms with Crippen LogP contribution in [0.25, 0.3) is 0 Å². The molecule has 1 aromatic rings. The number of carbonyl (C=O) groups is 2. The number of methoxy groups -OCH3 is 1. The lowest BCUT2D eigenvalue weighted by molar-refractivity contribution is -0.141. The van der Waals surface area contributed by atoms with Gasteiger partial charge in [-0.25, -0.2) is 4.79 Å². The molecule has 5 nitrogen and oxygen atoms in total. The van der Waals surface area contributed by atoms with E-state index < -0.39 is 12.0 Å². The predicted octanol–water partition coefficient (Wildman–Crippen LogP) is 1.38. The molecule has 96 valence electrons. The summed E-state index contributed by atoms with van der Waals surface area (Å²) in [4.78, 5) is 24.6. The minimum absolute atomic E-state index is 0.234. The summed E-state index contributed by atoms with van der Waals surface area (Å²) in [5, 5.41) is 9.05. The van der Waals surface area contributed by atoms with E-state index in [9.17, 15) is 9.59 Å². The van der Waals surface area contributed by atoms with Crippen molar-refractivity contribution in [3.8, 4) is 5.75 Å². The Hall–Kier alpha value is -2.04. The molecule has 1 aliphatic heterocycles. The maximum absolute atomic E-state index is 12.2. The molecule has 0 spiro atoms. The van der Waals surface area contributed by atoms with Gasteiger partial charge in [0.05, 0.1) is 7.11 Å². The van der Waals surface area contributed by atoms with Gasteiger partial charge in [0.2, 0.25) is 0 Å². The molecule has 0 aromatic heterocycles. The number of nitrogens with zero attached hydrogens (tertiary/aromatic N) is 1. The van der Waals surface area contributed by atoms with Crippen LogP contribution in [-0.2, 0) is 4.79 Å². The summed E-state index contributed by atoms with van der Waals surface area (Å²) in [5.74, 6) is -0.500. The molecule has 2 rings (SSSR count). The van der Waals surface area contributed by atoms with Crippen LogP contribution in [0, 0.1) is 0 Å². The van der Waals surface area contributed by atoms with Crippen LogP contribution in [0.2, 0.25) is 0 Å². The topological polar surface area (TPSA) is 66.8 Å². The van der Waals surface area contributed by atoms with Crippen LogP contribution >= 0.6 is 0 Å². The summed E-state index contributed by atoms with van der Waals surface area (Å²) >= 11 is 0. The number of benzene rings is 1. The molecule has 1 heterocycles. The second kappa shape index (κ2) is 5.08. The zero-order chi connectivity index (χ0) is 13.1. The first-order valence-corrected chi connectivity index (χ1v) is 5.81. The largest absolute Gasteiger partial charge is 0.497 e. The molecule has 0 aliphatic carbocycles. The molecule has 1 aromatic carbocycles. The highest BCUT2D eigenvalue weighted by Gasteiger charge is 2.34. The Morgan fingerprint density at radius 3 is 2.56 bits per heavy atom. The Morgan fingerprint density at radius 2 is 2.00 bits per heavy atom. The van der Waals surface area contributed by atoms with Crippen molar-refractivity contribution in [1.82, 2.24) is 4.90 Å². The van der Waals surface area contributed by atoms with Crippen molar-refractivity contribution in [2.75, 3.05) is 13.7 Å². The zero-order valence-electron chi connectivity index (χ0n) is 10.1. The molecule has 0 radical (unpaired) electrons. The average molecular weight is 249 g/mol. The van der Waals surface area contributed by atoms with Gasteiger partial charge in [0, 0.05) is 12.1 Å². The smallest absolute Gasteiger partial charge is 0.326 e. The van der Waals surface area contributed by atoms with Gasteiger partial charge in [-0.15, -0.1) is 0 Å². The summed E-state index contributed by atoms with van der Waals surface area (Å²) in [5.41, 5.74) is 0.490. The van der Waals surface area contributed by atoms with Gasteiger partial charge in [-0.05, 0) is 37.1 Å². The summed E-state index contributed by atoms with van der Waals surface area (Å²) in [6.07, 6.45) is 1.26. The van der Waals surface area contributed by atoms with Crippen molar-refractivity contribution < 1.29 is 19.4 Å². The number of amides is 1. The number of hydrogen-bond acceptors (Lipinski definition) is 3. The summed E-state index contributed by atoms with van der Waals surface area (Å²) in [6, 6.07) is 5.99. The first-order chi connectivity index (χ1) is 8.63. The summed E-state index contributed by atoms with van der Waals surface area (Å²) in [6.45, 7) is 0.502. The molecule has 5 heteroatoms. The molecule has 1 saturated heterocycles. The van der Waals surface area contributed by atoms with E-state index in [-0.39, 0.29) is 5.91 Å². The SMILES string of the molecule is COc1ccc(C(=O)N2CCCC2C(=O)O)cc1. The fourth-order valence-corrected chi connectivity index (χ4v) is 2.17. The molecule has 1 amide bonds. The van der Waals surface area contributed by atoms with Crippen molar-refractivity contribution in [3.05, 3.63) is 29.8 Å². The van der Waals surface area contributed by atoms with Crippen molar-refractivity contribution in [1.29, 1.82) is 0 Å². The Kier molecular flexibility index (Phi) is 3.50. The maximum atomic E-state index is 12.2. The number of carbonyl (C=O) groups excluding carboxylic acids is 1. The van der Waals surface area contributed by atoms with Gasteiger partial charge in [-0.1, -0.05) is 0 Å². The normalized spacial score (nSPS) is 18.7. The predicted molar refractivity (Wildman–Crippen MR) is 64.7 cm³/mol. The molecule has 1 N–H and O–H groups in total. The lowest BCUT2D eigenvalue weighted by Crippen LogP contribution is -2.40. The molecule has 1 fully saturated rings. The van der Waals surface area contributed by atoms with E-state index in [4.69, 9.17) is 9.84 Å². The number of hydrogen-bond donors (Lipinski definition) is 1. The highest BCUT2D eigenvalue weighted by molar-refractivity contribution is 5.97. The number of likely N-dealkylation sites (tertiary alicyclic amines) is 1. The third kappa shape index (κ3) is 2.30. The number of ether oxygens (including phenoxy) is 1. The van der Waals surface area contributed by atoms with Crippen LogP contribution in [0.15, 0.2) is 24.3 Å². The second-order valence-electron chi connectivity index (χ2n) is 4.22.